The fourth-order valence-electron chi connectivity index (χ4n) is 3.36. The molecule has 0 aromatic carbocycles. The molecule has 4 heterocycles. The van der Waals surface area contributed by atoms with E-state index in [2.05, 4.69) is 37.2 Å². The number of likely N-dealkylation sites (N-methyl/N-ethyl adjacent to an activating group) is 1. The third-order valence-corrected chi connectivity index (χ3v) is 4.74. The van der Waals surface area contributed by atoms with E-state index in [-0.39, 0.29) is 0 Å². The molecule has 0 radical (unpaired) electrons. The van der Waals surface area contributed by atoms with Crippen molar-refractivity contribution in [1.29, 1.82) is 0 Å². The van der Waals surface area contributed by atoms with Crippen molar-refractivity contribution in [2.45, 2.75) is 25.4 Å². The van der Waals surface area contributed by atoms with E-state index in [4.69, 9.17) is 4.42 Å². The molecule has 0 spiro atoms. The molecule has 7 nitrogen and oxygen atoms in total. The smallest absolute Gasteiger partial charge is 0.152 e. The summed E-state index contributed by atoms with van der Waals surface area (Å²) in [6.45, 7) is 2.78. The van der Waals surface area contributed by atoms with Crippen molar-refractivity contribution in [3.63, 3.8) is 0 Å². The minimum absolute atomic E-state index is 0.469. The Morgan fingerprint density at radius 1 is 1.28 bits per heavy atom. The molecule has 0 aliphatic carbocycles. The van der Waals surface area contributed by atoms with E-state index in [1.807, 2.05) is 30.3 Å². The van der Waals surface area contributed by atoms with Crippen LogP contribution in [0.5, 0.6) is 0 Å². The van der Waals surface area contributed by atoms with Crippen LogP contribution in [-0.4, -0.2) is 51.5 Å². The number of hydrogen-bond donors (Lipinski definition) is 1. The van der Waals surface area contributed by atoms with E-state index in [1.54, 1.807) is 12.4 Å². The van der Waals surface area contributed by atoms with Crippen LogP contribution in [0, 0.1) is 0 Å². The molecule has 0 unspecified atom stereocenters. The number of nitrogens with zero attached hydrogens (tertiary/aromatic N) is 5. The van der Waals surface area contributed by atoms with Crippen LogP contribution in [-0.2, 0) is 6.54 Å². The summed E-state index contributed by atoms with van der Waals surface area (Å²) in [5, 5.41) is 15.1. The van der Waals surface area contributed by atoms with Crippen LogP contribution in [0.4, 0.5) is 5.82 Å². The number of nitrogens with one attached hydrogen (secondary N) is 1. The van der Waals surface area contributed by atoms with E-state index < -0.39 is 0 Å². The van der Waals surface area contributed by atoms with Crippen molar-refractivity contribution in [2.75, 3.05) is 25.0 Å². The van der Waals surface area contributed by atoms with Crippen molar-refractivity contribution in [2.24, 2.45) is 0 Å². The number of hydrogen-bond acceptors (Lipinski definition) is 6. The van der Waals surface area contributed by atoms with Crippen molar-refractivity contribution in [3.05, 3.63) is 48.5 Å². The summed E-state index contributed by atoms with van der Waals surface area (Å²) in [4.78, 5) is 4.67. The Kier molecular flexibility index (Phi) is 4.47. The van der Waals surface area contributed by atoms with Gasteiger partial charge in [0, 0.05) is 31.5 Å². The summed E-state index contributed by atoms with van der Waals surface area (Å²) >= 11 is 0. The number of furan rings is 1. The molecule has 1 saturated heterocycles. The van der Waals surface area contributed by atoms with Crippen LogP contribution >= 0.6 is 0 Å². The van der Waals surface area contributed by atoms with Gasteiger partial charge in [-0.25, -0.2) is 0 Å². The number of aromatic nitrogens is 4. The van der Waals surface area contributed by atoms with E-state index in [0.29, 0.717) is 6.04 Å². The number of rotatable bonds is 5. The van der Waals surface area contributed by atoms with Crippen LogP contribution in [0.25, 0.3) is 11.5 Å². The van der Waals surface area contributed by atoms with Gasteiger partial charge < -0.3 is 9.32 Å². The second-order valence-electron chi connectivity index (χ2n) is 6.48. The first-order chi connectivity index (χ1) is 12.3. The van der Waals surface area contributed by atoms with Gasteiger partial charge in [-0.2, -0.15) is 10.2 Å². The summed E-state index contributed by atoms with van der Waals surface area (Å²) in [5.41, 5.74) is 0.903. The van der Waals surface area contributed by atoms with Gasteiger partial charge in [-0.05, 0) is 50.2 Å². The Labute approximate surface area is 146 Å². The first kappa shape index (κ1) is 15.8. The van der Waals surface area contributed by atoms with Gasteiger partial charge in [0.2, 0.25) is 0 Å². The summed E-state index contributed by atoms with van der Waals surface area (Å²) in [7, 11) is 2.16. The second kappa shape index (κ2) is 7.06. The molecule has 25 heavy (non-hydrogen) atoms. The van der Waals surface area contributed by atoms with Gasteiger partial charge in [0.15, 0.2) is 11.6 Å². The fourth-order valence-corrected chi connectivity index (χ4v) is 3.36. The normalized spacial score (nSPS) is 18.0. The molecule has 3 aromatic heterocycles. The Bertz CT molecular complexity index is 785. The molecule has 4 rings (SSSR count). The maximum Gasteiger partial charge on any atom is 0.152 e. The maximum atomic E-state index is 5.95. The monoisotopic (exact) mass is 338 g/mol. The summed E-state index contributed by atoms with van der Waals surface area (Å²) in [6, 6.07) is 10.4. The number of H-pyrrole nitrogens is 1. The lowest BCUT2D eigenvalue weighted by Crippen LogP contribution is -2.46. The first-order valence-electron chi connectivity index (χ1n) is 8.61. The lowest BCUT2D eigenvalue weighted by atomic mass is 10.0. The maximum absolute atomic E-state index is 5.95. The average molecular weight is 338 g/mol. The molecule has 1 N–H and O–H groups in total. The minimum atomic E-state index is 0.469. The summed E-state index contributed by atoms with van der Waals surface area (Å²) < 4.78 is 5.95. The molecule has 0 amide bonds. The molecule has 7 heteroatoms. The highest BCUT2D eigenvalue weighted by molar-refractivity contribution is 5.51. The highest BCUT2D eigenvalue weighted by Crippen LogP contribution is 2.23. The largest absolute Gasteiger partial charge is 0.458 e. The van der Waals surface area contributed by atoms with E-state index >= 15 is 0 Å². The minimum Gasteiger partial charge on any atom is -0.458 e. The summed E-state index contributed by atoms with van der Waals surface area (Å²) in [5.74, 6) is 2.74. The van der Waals surface area contributed by atoms with Crippen LogP contribution in [0.3, 0.4) is 0 Å². The predicted octanol–water partition coefficient (Wildman–Crippen LogP) is 2.56. The van der Waals surface area contributed by atoms with Crippen LogP contribution in [0.1, 0.15) is 18.6 Å². The van der Waals surface area contributed by atoms with Gasteiger partial charge in [-0.1, -0.05) is 0 Å². The lowest BCUT2D eigenvalue weighted by Gasteiger charge is -2.37. The van der Waals surface area contributed by atoms with Gasteiger partial charge >= 0.3 is 0 Å². The number of aromatic amines is 1. The van der Waals surface area contributed by atoms with Crippen molar-refractivity contribution >= 4 is 5.82 Å². The van der Waals surface area contributed by atoms with E-state index in [9.17, 15) is 0 Å². The molecule has 1 aliphatic rings. The third kappa shape index (κ3) is 3.56. The predicted molar refractivity (Wildman–Crippen MR) is 95.0 cm³/mol. The zero-order valence-corrected chi connectivity index (χ0v) is 14.3. The Morgan fingerprint density at radius 3 is 3.04 bits per heavy atom. The van der Waals surface area contributed by atoms with Crippen molar-refractivity contribution in [3.8, 4) is 11.5 Å². The third-order valence-electron chi connectivity index (χ3n) is 4.74. The zero-order valence-electron chi connectivity index (χ0n) is 14.3. The Balaban J connectivity index is 1.40. The molecule has 1 aliphatic heterocycles. The van der Waals surface area contributed by atoms with Gasteiger partial charge in [-0.3, -0.25) is 10.00 Å². The zero-order chi connectivity index (χ0) is 17.1. The molecular formula is C18H22N6O. The Hall–Kier alpha value is -2.67. The molecule has 0 saturated carbocycles. The highest BCUT2D eigenvalue weighted by Gasteiger charge is 2.24. The molecule has 3 aromatic rings. The van der Waals surface area contributed by atoms with Crippen molar-refractivity contribution in [1.82, 2.24) is 25.3 Å². The topological polar surface area (TPSA) is 74.1 Å². The van der Waals surface area contributed by atoms with Gasteiger partial charge in [0.1, 0.15) is 11.5 Å². The van der Waals surface area contributed by atoms with Crippen LogP contribution < -0.4 is 4.90 Å². The first-order valence-corrected chi connectivity index (χ1v) is 8.61. The lowest BCUT2D eigenvalue weighted by molar-refractivity contribution is 0.194. The van der Waals surface area contributed by atoms with Gasteiger partial charge in [0.25, 0.3) is 0 Å². The van der Waals surface area contributed by atoms with Crippen LogP contribution in [0.2, 0.25) is 0 Å². The highest BCUT2D eigenvalue weighted by atomic mass is 16.3. The van der Waals surface area contributed by atoms with E-state index in [1.165, 1.54) is 6.42 Å². The molecule has 1 fully saturated rings. The van der Waals surface area contributed by atoms with Crippen molar-refractivity contribution < 1.29 is 4.42 Å². The molecule has 0 bridgehead atoms. The standard InChI is InChI=1S/C18H22N6O/c1-23(13-15-6-7-17(25-15)16-8-10-20-21-16)14-4-3-11-24(12-14)18-5-2-9-19-22-18/h2,5-10,14H,3-4,11-13H2,1H3,(H,20,21)/t14-/m1/s1. The molecule has 130 valence electrons. The number of piperidine rings is 1. The fraction of sp³-hybridized carbons (Fsp3) is 0.389. The van der Waals surface area contributed by atoms with Gasteiger partial charge in [-0.15, -0.1) is 5.10 Å². The SMILES string of the molecule is CN(Cc1ccc(-c2ccn[nH]2)o1)[C@@H]1CCCN(c2cccnn2)C1. The number of anilines is 1. The average Bonchev–Trinajstić information content (AvgIpc) is 3.34. The second-order valence-corrected chi connectivity index (χ2v) is 6.48. The van der Waals surface area contributed by atoms with Gasteiger partial charge in [0.05, 0.1) is 6.54 Å². The Morgan fingerprint density at radius 2 is 2.24 bits per heavy atom. The van der Waals surface area contributed by atoms with Crippen LogP contribution in [0.15, 0.2) is 47.1 Å². The molecular weight excluding hydrogens is 316 g/mol. The molecule has 1 atom stereocenters. The summed E-state index contributed by atoms with van der Waals surface area (Å²) in [6.07, 6.45) is 5.78. The quantitative estimate of drug-likeness (QED) is 0.771. The van der Waals surface area contributed by atoms with E-state index in [0.717, 1.165) is 49.1 Å².